The van der Waals surface area contributed by atoms with Gasteiger partial charge in [0, 0.05) is 55.9 Å². The van der Waals surface area contributed by atoms with Gasteiger partial charge >= 0.3 is 0 Å². The van der Waals surface area contributed by atoms with Crippen LogP contribution in [0.3, 0.4) is 0 Å². The van der Waals surface area contributed by atoms with Crippen molar-refractivity contribution in [1.29, 1.82) is 0 Å². The molecule has 5 nitrogen and oxygen atoms in total. The van der Waals surface area contributed by atoms with E-state index < -0.39 is 0 Å². The fourth-order valence-electron chi connectivity index (χ4n) is 3.00. The van der Waals surface area contributed by atoms with Gasteiger partial charge in [0.2, 0.25) is 0 Å². The Balaban J connectivity index is 1.61. The van der Waals surface area contributed by atoms with Gasteiger partial charge < -0.3 is 10.6 Å². The molecular weight excluding hydrogens is 288 g/mol. The van der Waals surface area contributed by atoms with Crippen LogP contribution in [0.15, 0.2) is 48.8 Å². The molecule has 1 unspecified atom stereocenters. The van der Waals surface area contributed by atoms with Crippen molar-refractivity contribution in [1.82, 2.24) is 14.8 Å². The molecule has 23 heavy (non-hydrogen) atoms. The highest BCUT2D eigenvalue weighted by molar-refractivity contribution is 5.95. The molecular formula is C18H22N4O. The summed E-state index contributed by atoms with van der Waals surface area (Å²) in [5, 5.41) is 0. The number of nitrogens with two attached hydrogens (primary N) is 1. The molecule has 3 rings (SSSR count). The van der Waals surface area contributed by atoms with E-state index in [9.17, 15) is 4.79 Å². The second kappa shape index (κ2) is 6.79. The summed E-state index contributed by atoms with van der Waals surface area (Å²) in [4.78, 5) is 21.0. The Morgan fingerprint density at radius 3 is 2.61 bits per heavy atom. The van der Waals surface area contributed by atoms with Crippen LogP contribution in [0.5, 0.6) is 0 Å². The number of anilines is 1. The van der Waals surface area contributed by atoms with E-state index in [0.717, 1.165) is 26.2 Å². The van der Waals surface area contributed by atoms with Gasteiger partial charge in [0.15, 0.2) is 0 Å². The van der Waals surface area contributed by atoms with E-state index in [2.05, 4.69) is 22.9 Å². The molecule has 0 saturated carbocycles. The van der Waals surface area contributed by atoms with Gasteiger partial charge in [-0.2, -0.15) is 0 Å². The molecule has 2 aromatic rings. The van der Waals surface area contributed by atoms with Crippen molar-refractivity contribution >= 4 is 11.6 Å². The SMILES string of the molecule is CC(c1cccnc1)N1CCN(C(=O)c2cccc(N)c2)CC1. The third-order valence-electron chi connectivity index (χ3n) is 4.45. The number of aromatic nitrogens is 1. The molecule has 1 aliphatic rings. The lowest BCUT2D eigenvalue weighted by atomic mass is 10.1. The smallest absolute Gasteiger partial charge is 0.254 e. The molecule has 1 amide bonds. The van der Waals surface area contributed by atoms with Crippen LogP contribution in [0.25, 0.3) is 0 Å². The van der Waals surface area contributed by atoms with Crippen molar-refractivity contribution in [2.75, 3.05) is 31.9 Å². The fourth-order valence-corrected chi connectivity index (χ4v) is 3.00. The van der Waals surface area contributed by atoms with Gasteiger partial charge in [0.05, 0.1) is 0 Å². The maximum absolute atomic E-state index is 12.5. The fraction of sp³-hybridized carbons (Fsp3) is 0.333. The number of hydrogen-bond donors (Lipinski definition) is 1. The summed E-state index contributed by atoms with van der Waals surface area (Å²) in [7, 11) is 0. The predicted molar refractivity (Wildman–Crippen MR) is 91.0 cm³/mol. The molecule has 5 heteroatoms. The third kappa shape index (κ3) is 3.51. The summed E-state index contributed by atoms with van der Waals surface area (Å²) in [6.07, 6.45) is 3.70. The molecule has 0 radical (unpaired) electrons. The number of rotatable bonds is 3. The Hall–Kier alpha value is -2.40. The average Bonchev–Trinajstić information content (AvgIpc) is 2.61. The van der Waals surface area contributed by atoms with Crippen LogP contribution in [0, 0.1) is 0 Å². The maximum atomic E-state index is 12.5. The Kier molecular flexibility index (Phi) is 4.57. The number of carbonyl (C=O) groups is 1. The van der Waals surface area contributed by atoms with Gasteiger partial charge in [-0.3, -0.25) is 14.7 Å². The molecule has 0 bridgehead atoms. The monoisotopic (exact) mass is 310 g/mol. The van der Waals surface area contributed by atoms with E-state index in [0.29, 0.717) is 17.3 Å². The van der Waals surface area contributed by atoms with Gasteiger partial charge in [-0.1, -0.05) is 12.1 Å². The van der Waals surface area contributed by atoms with Gasteiger partial charge in [-0.05, 0) is 36.8 Å². The second-order valence-corrected chi connectivity index (χ2v) is 5.92. The lowest BCUT2D eigenvalue weighted by molar-refractivity contribution is 0.0582. The number of nitrogen functional groups attached to an aromatic ring is 1. The molecule has 1 aliphatic heterocycles. The lowest BCUT2D eigenvalue weighted by Crippen LogP contribution is -2.49. The summed E-state index contributed by atoms with van der Waals surface area (Å²) >= 11 is 0. The quantitative estimate of drug-likeness (QED) is 0.883. The molecule has 120 valence electrons. The Morgan fingerprint density at radius 1 is 1.17 bits per heavy atom. The first kappa shape index (κ1) is 15.5. The third-order valence-corrected chi connectivity index (χ3v) is 4.45. The van der Waals surface area contributed by atoms with Crippen molar-refractivity contribution in [3.8, 4) is 0 Å². The first-order valence-corrected chi connectivity index (χ1v) is 7.94. The highest BCUT2D eigenvalue weighted by Gasteiger charge is 2.25. The Labute approximate surface area is 136 Å². The van der Waals surface area contributed by atoms with Gasteiger partial charge in [0.1, 0.15) is 0 Å². The van der Waals surface area contributed by atoms with E-state index in [1.165, 1.54) is 5.56 Å². The number of benzene rings is 1. The zero-order valence-electron chi connectivity index (χ0n) is 13.4. The zero-order valence-corrected chi connectivity index (χ0v) is 13.4. The number of piperazine rings is 1. The van der Waals surface area contributed by atoms with Gasteiger partial charge in [-0.15, -0.1) is 0 Å². The number of carbonyl (C=O) groups excluding carboxylic acids is 1. The topological polar surface area (TPSA) is 62.5 Å². The molecule has 2 N–H and O–H groups in total. The molecule has 1 aromatic heterocycles. The Bertz CT molecular complexity index is 666. The summed E-state index contributed by atoms with van der Waals surface area (Å²) in [6.45, 7) is 5.39. The van der Waals surface area contributed by atoms with Crippen molar-refractivity contribution < 1.29 is 4.79 Å². The predicted octanol–water partition coefficient (Wildman–Crippen LogP) is 2.18. The van der Waals surface area contributed by atoms with E-state index in [1.807, 2.05) is 29.3 Å². The second-order valence-electron chi connectivity index (χ2n) is 5.92. The molecule has 1 aromatic carbocycles. The number of hydrogen-bond acceptors (Lipinski definition) is 4. The molecule has 1 atom stereocenters. The van der Waals surface area contributed by atoms with Crippen LogP contribution in [-0.2, 0) is 0 Å². The highest BCUT2D eigenvalue weighted by atomic mass is 16.2. The van der Waals surface area contributed by atoms with Crippen LogP contribution in [0.1, 0.15) is 28.9 Å². The minimum absolute atomic E-state index is 0.0611. The number of nitrogens with zero attached hydrogens (tertiary/aromatic N) is 3. The first-order valence-electron chi connectivity index (χ1n) is 7.94. The highest BCUT2D eigenvalue weighted by Crippen LogP contribution is 2.21. The minimum atomic E-state index is 0.0611. The molecule has 0 spiro atoms. The summed E-state index contributed by atoms with van der Waals surface area (Å²) in [6, 6.07) is 11.6. The zero-order chi connectivity index (χ0) is 16.2. The minimum Gasteiger partial charge on any atom is -0.399 e. The van der Waals surface area contributed by atoms with E-state index in [4.69, 9.17) is 5.73 Å². The Morgan fingerprint density at radius 2 is 1.96 bits per heavy atom. The standard InChI is InChI=1S/C18H22N4O/c1-14(16-5-3-7-20-13-16)21-8-10-22(11-9-21)18(23)15-4-2-6-17(19)12-15/h2-7,12-14H,8-11,19H2,1H3. The molecule has 1 saturated heterocycles. The number of pyridine rings is 1. The average molecular weight is 310 g/mol. The van der Waals surface area contributed by atoms with Gasteiger partial charge in [-0.25, -0.2) is 0 Å². The van der Waals surface area contributed by atoms with E-state index >= 15 is 0 Å². The van der Waals surface area contributed by atoms with Crippen molar-refractivity contribution in [2.24, 2.45) is 0 Å². The van der Waals surface area contributed by atoms with Crippen LogP contribution in [0.2, 0.25) is 0 Å². The molecule has 1 fully saturated rings. The van der Waals surface area contributed by atoms with Crippen LogP contribution in [-0.4, -0.2) is 46.9 Å². The molecule has 2 heterocycles. The normalized spacial score (nSPS) is 17.0. The largest absolute Gasteiger partial charge is 0.399 e. The van der Waals surface area contributed by atoms with Crippen LogP contribution < -0.4 is 5.73 Å². The van der Waals surface area contributed by atoms with Crippen LogP contribution >= 0.6 is 0 Å². The lowest BCUT2D eigenvalue weighted by Gasteiger charge is -2.38. The van der Waals surface area contributed by atoms with Crippen LogP contribution in [0.4, 0.5) is 5.69 Å². The van der Waals surface area contributed by atoms with Gasteiger partial charge in [0.25, 0.3) is 5.91 Å². The van der Waals surface area contributed by atoms with Crippen molar-refractivity contribution in [2.45, 2.75) is 13.0 Å². The van der Waals surface area contributed by atoms with E-state index in [-0.39, 0.29) is 5.91 Å². The van der Waals surface area contributed by atoms with Crippen molar-refractivity contribution in [3.63, 3.8) is 0 Å². The summed E-state index contributed by atoms with van der Waals surface area (Å²) in [5.74, 6) is 0.0611. The van der Waals surface area contributed by atoms with E-state index in [1.54, 1.807) is 18.3 Å². The molecule has 0 aliphatic carbocycles. The number of amides is 1. The summed E-state index contributed by atoms with van der Waals surface area (Å²) < 4.78 is 0. The first-order chi connectivity index (χ1) is 11.1. The maximum Gasteiger partial charge on any atom is 0.254 e. The van der Waals surface area contributed by atoms with Crippen molar-refractivity contribution in [3.05, 3.63) is 59.9 Å². The summed E-state index contributed by atoms with van der Waals surface area (Å²) in [5.41, 5.74) is 8.27.